The van der Waals surface area contributed by atoms with E-state index in [2.05, 4.69) is 28.8 Å². The third kappa shape index (κ3) is 4.17. The van der Waals surface area contributed by atoms with E-state index in [9.17, 15) is 9.18 Å². The number of fused-ring (bicyclic) bond motifs is 1. The summed E-state index contributed by atoms with van der Waals surface area (Å²) in [5.74, 6) is -0.487. The molecule has 27 heavy (non-hydrogen) atoms. The number of amides is 1. The van der Waals surface area contributed by atoms with Crippen molar-refractivity contribution in [3.05, 3.63) is 41.5 Å². The largest absolute Gasteiger partial charge is 0.302 e. The minimum absolute atomic E-state index is 0.181. The number of hydrogen-bond donors (Lipinski definition) is 0. The van der Waals surface area contributed by atoms with Crippen LogP contribution in [-0.2, 0) is 7.05 Å². The van der Waals surface area contributed by atoms with Gasteiger partial charge in [0, 0.05) is 31.9 Å². The Bertz CT molecular complexity index is 947. The molecule has 0 aliphatic heterocycles. The first kappa shape index (κ1) is 19.4. The zero-order valence-electron chi connectivity index (χ0n) is 16.1. The van der Waals surface area contributed by atoms with Crippen LogP contribution in [0.15, 0.2) is 24.4 Å². The molecular formula is C19H24FN5OS. The second-order valence-electron chi connectivity index (χ2n) is 6.43. The Morgan fingerprint density at radius 3 is 2.63 bits per heavy atom. The molecular weight excluding hydrogens is 365 g/mol. The second-order valence-corrected chi connectivity index (χ2v) is 7.44. The van der Waals surface area contributed by atoms with Crippen LogP contribution in [0.2, 0.25) is 0 Å². The molecule has 0 N–H and O–H groups in total. The van der Waals surface area contributed by atoms with Gasteiger partial charge in [-0.1, -0.05) is 25.2 Å². The highest BCUT2D eigenvalue weighted by atomic mass is 32.1. The van der Waals surface area contributed by atoms with E-state index in [-0.39, 0.29) is 11.7 Å². The Labute approximate surface area is 162 Å². The van der Waals surface area contributed by atoms with Gasteiger partial charge in [-0.25, -0.2) is 9.37 Å². The van der Waals surface area contributed by atoms with Crippen LogP contribution < -0.4 is 4.90 Å². The van der Waals surface area contributed by atoms with Crippen molar-refractivity contribution in [3.63, 3.8) is 0 Å². The lowest BCUT2D eigenvalue weighted by molar-refractivity contribution is 0.0977. The third-order valence-corrected chi connectivity index (χ3v) is 5.60. The van der Waals surface area contributed by atoms with E-state index in [0.717, 1.165) is 29.9 Å². The molecule has 0 radical (unpaired) electrons. The number of aryl methyl sites for hydroxylation is 2. The predicted octanol–water partition coefficient (Wildman–Crippen LogP) is 3.47. The molecule has 0 spiro atoms. The lowest BCUT2D eigenvalue weighted by Gasteiger charge is -2.24. The fraction of sp³-hybridized carbons (Fsp3) is 0.421. The van der Waals surface area contributed by atoms with E-state index in [1.807, 2.05) is 13.1 Å². The molecule has 3 aromatic rings. The number of aromatic nitrogens is 3. The Hall–Kier alpha value is -2.32. The fourth-order valence-corrected chi connectivity index (χ4v) is 4.03. The number of thiazole rings is 1. The summed E-state index contributed by atoms with van der Waals surface area (Å²) < 4.78 is 15.9. The number of halogens is 1. The summed E-state index contributed by atoms with van der Waals surface area (Å²) >= 11 is 1.32. The summed E-state index contributed by atoms with van der Waals surface area (Å²) in [6.07, 6.45) is 1.82. The van der Waals surface area contributed by atoms with Crippen LogP contribution in [0.3, 0.4) is 0 Å². The summed E-state index contributed by atoms with van der Waals surface area (Å²) in [7, 11) is 1.80. The van der Waals surface area contributed by atoms with Crippen molar-refractivity contribution in [2.75, 3.05) is 31.1 Å². The maximum Gasteiger partial charge on any atom is 0.280 e. The van der Waals surface area contributed by atoms with E-state index in [4.69, 9.17) is 0 Å². The number of carbonyl (C=O) groups is 1. The number of hydrogen-bond acceptors (Lipinski definition) is 5. The van der Waals surface area contributed by atoms with Crippen LogP contribution in [0.1, 0.15) is 29.9 Å². The number of likely N-dealkylation sites (N-methyl/N-ethyl adjacent to an activating group) is 1. The molecule has 0 aliphatic carbocycles. The molecule has 1 aromatic carbocycles. The highest BCUT2D eigenvalue weighted by Gasteiger charge is 2.25. The normalized spacial score (nSPS) is 11.5. The lowest BCUT2D eigenvalue weighted by atomic mass is 10.2. The maximum atomic E-state index is 13.6. The summed E-state index contributed by atoms with van der Waals surface area (Å²) in [4.78, 5) is 21.7. The van der Waals surface area contributed by atoms with Crippen LogP contribution in [0.25, 0.3) is 10.2 Å². The van der Waals surface area contributed by atoms with E-state index < -0.39 is 0 Å². The van der Waals surface area contributed by atoms with E-state index in [1.54, 1.807) is 22.7 Å². The maximum absolute atomic E-state index is 13.6. The smallest absolute Gasteiger partial charge is 0.280 e. The minimum Gasteiger partial charge on any atom is -0.302 e. The number of carbonyl (C=O) groups excluding carboxylic acids is 1. The van der Waals surface area contributed by atoms with Gasteiger partial charge in [0.25, 0.3) is 5.91 Å². The van der Waals surface area contributed by atoms with Crippen LogP contribution in [-0.4, -0.2) is 51.8 Å². The number of rotatable bonds is 7. The van der Waals surface area contributed by atoms with Crippen LogP contribution >= 0.6 is 11.3 Å². The molecule has 0 atom stereocenters. The van der Waals surface area contributed by atoms with Crippen LogP contribution in [0, 0.1) is 12.7 Å². The highest BCUT2D eigenvalue weighted by molar-refractivity contribution is 7.22. The Kier molecular flexibility index (Phi) is 5.86. The Balaban J connectivity index is 1.97. The molecule has 3 rings (SSSR count). The van der Waals surface area contributed by atoms with Crippen molar-refractivity contribution in [1.29, 1.82) is 0 Å². The Morgan fingerprint density at radius 1 is 1.26 bits per heavy atom. The van der Waals surface area contributed by atoms with Gasteiger partial charge in [0.15, 0.2) is 10.8 Å². The van der Waals surface area contributed by atoms with Gasteiger partial charge in [-0.2, -0.15) is 5.10 Å². The zero-order chi connectivity index (χ0) is 19.6. The Morgan fingerprint density at radius 2 is 2.00 bits per heavy atom. The van der Waals surface area contributed by atoms with Crippen molar-refractivity contribution >= 4 is 32.6 Å². The van der Waals surface area contributed by atoms with Crippen molar-refractivity contribution in [1.82, 2.24) is 19.7 Å². The topological polar surface area (TPSA) is 54.3 Å². The standard InChI is InChI=1S/C19H24FN5OS/c1-5-24(6-2)9-10-25(18(26)17-13(3)12-23(4)22-17)19-21-15-8-7-14(20)11-16(15)27-19/h7-8,11-12H,5-6,9-10H2,1-4H3. The molecule has 2 heterocycles. The first-order valence-electron chi connectivity index (χ1n) is 9.03. The zero-order valence-corrected chi connectivity index (χ0v) is 16.9. The number of nitrogens with zero attached hydrogens (tertiary/aromatic N) is 5. The van der Waals surface area contributed by atoms with Gasteiger partial charge in [0.2, 0.25) is 0 Å². The lowest BCUT2D eigenvalue weighted by Crippen LogP contribution is -2.39. The van der Waals surface area contributed by atoms with Crippen molar-refractivity contribution in [2.45, 2.75) is 20.8 Å². The quantitative estimate of drug-likeness (QED) is 0.621. The van der Waals surface area contributed by atoms with Gasteiger partial charge in [-0.3, -0.25) is 14.4 Å². The molecule has 144 valence electrons. The average molecular weight is 390 g/mol. The molecule has 0 bridgehead atoms. The monoisotopic (exact) mass is 389 g/mol. The SMILES string of the molecule is CCN(CC)CCN(C(=O)c1nn(C)cc1C)c1nc2ccc(F)cc2s1. The van der Waals surface area contributed by atoms with Gasteiger partial charge < -0.3 is 4.90 Å². The minimum atomic E-state index is -0.306. The first-order valence-corrected chi connectivity index (χ1v) is 9.85. The van der Waals surface area contributed by atoms with E-state index in [0.29, 0.717) is 22.9 Å². The summed E-state index contributed by atoms with van der Waals surface area (Å²) in [5.41, 5.74) is 1.93. The van der Waals surface area contributed by atoms with E-state index in [1.165, 1.54) is 23.5 Å². The highest BCUT2D eigenvalue weighted by Crippen LogP contribution is 2.30. The second kappa shape index (κ2) is 8.14. The molecule has 6 nitrogen and oxygen atoms in total. The van der Waals surface area contributed by atoms with E-state index >= 15 is 0 Å². The van der Waals surface area contributed by atoms with Crippen molar-refractivity contribution in [2.24, 2.45) is 7.05 Å². The van der Waals surface area contributed by atoms with Crippen LogP contribution in [0.4, 0.5) is 9.52 Å². The summed E-state index contributed by atoms with van der Waals surface area (Å²) in [5, 5.41) is 4.89. The molecule has 0 unspecified atom stereocenters. The van der Waals surface area contributed by atoms with Gasteiger partial charge in [-0.05, 0) is 38.2 Å². The van der Waals surface area contributed by atoms with Crippen LogP contribution in [0.5, 0.6) is 0 Å². The molecule has 2 aromatic heterocycles. The molecule has 0 aliphatic rings. The molecule has 1 amide bonds. The summed E-state index contributed by atoms with van der Waals surface area (Å²) in [6.45, 7) is 9.11. The van der Waals surface area contributed by atoms with Crippen molar-refractivity contribution in [3.8, 4) is 0 Å². The number of benzene rings is 1. The summed E-state index contributed by atoms with van der Waals surface area (Å²) in [6, 6.07) is 4.48. The third-order valence-electron chi connectivity index (χ3n) is 4.56. The van der Waals surface area contributed by atoms with Gasteiger partial charge in [0.05, 0.1) is 10.2 Å². The fourth-order valence-electron chi connectivity index (χ4n) is 3.01. The number of anilines is 1. The molecule has 0 saturated heterocycles. The molecule has 8 heteroatoms. The predicted molar refractivity (Wildman–Crippen MR) is 107 cm³/mol. The van der Waals surface area contributed by atoms with Gasteiger partial charge in [-0.15, -0.1) is 0 Å². The molecule has 0 saturated carbocycles. The van der Waals surface area contributed by atoms with Crippen molar-refractivity contribution < 1.29 is 9.18 Å². The average Bonchev–Trinajstić information content (AvgIpc) is 3.20. The van der Waals surface area contributed by atoms with Gasteiger partial charge >= 0.3 is 0 Å². The van der Waals surface area contributed by atoms with Gasteiger partial charge in [0.1, 0.15) is 5.82 Å². The molecule has 0 fully saturated rings. The first-order chi connectivity index (χ1) is 12.9.